The van der Waals surface area contributed by atoms with E-state index in [1.807, 2.05) is 0 Å². The van der Waals surface area contributed by atoms with Crippen molar-refractivity contribution in [3.63, 3.8) is 0 Å². The van der Waals surface area contributed by atoms with Gasteiger partial charge in [0.05, 0.1) is 5.69 Å². The van der Waals surface area contributed by atoms with Gasteiger partial charge in [-0.2, -0.15) is 11.8 Å². The highest BCUT2D eigenvalue weighted by Gasteiger charge is 2.18. The Morgan fingerprint density at radius 2 is 2.19 bits per heavy atom. The van der Waals surface area contributed by atoms with Gasteiger partial charge in [0.1, 0.15) is 17.8 Å². The van der Waals surface area contributed by atoms with Gasteiger partial charge in [0.25, 0.3) is 0 Å². The predicted molar refractivity (Wildman–Crippen MR) is 62.5 cm³/mol. The largest absolute Gasteiger partial charge is 0.383 e. The lowest BCUT2D eigenvalue weighted by molar-refractivity contribution is 1.05. The molecule has 16 heavy (non-hydrogen) atoms. The van der Waals surface area contributed by atoms with Gasteiger partial charge in [-0.05, 0) is 6.07 Å². The third-order valence-corrected chi connectivity index (χ3v) is 3.39. The van der Waals surface area contributed by atoms with Crippen molar-refractivity contribution in [3.05, 3.63) is 29.8 Å². The molecule has 0 spiro atoms. The Kier molecular flexibility index (Phi) is 2.21. The zero-order chi connectivity index (χ0) is 11.0. The van der Waals surface area contributed by atoms with E-state index in [0.29, 0.717) is 17.3 Å². The number of aromatic nitrogens is 4. The van der Waals surface area contributed by atoms with E-state index in [1.54, 1.807) is 24.0 Å². The van der Waals surface area contributed by atoms with Gasteiger partial charge in [-0.25, -0.2) is 19.9 Å². The maximum atomic E-state index is 5.90. The molecule has 1 aliphatic heterocycles. The average Bonchev–Trinajstić information content (AvgIpc) is 2.79. The third kappa shape index (κ3) is 1.51. The van der Waals surface area contributed by atoms with Gasteiger partial charge in [0, 0.05) is 23.3 Å². The summed E-state index contributed by atoms with van der Waals surface area (Å²) in [5, 5.41) is 0. The van der Waals surface area contributed by atoms with Gasteiger partial charge in [-0.15, -0.1) is 0 Å². The van der Waals surface area contributed by atoms with Crippen molar-refractivity contribution in [2.75, 3.05) is 5.73 Å². The standard InChI is InChI=1S/C10H9N5S/c11-9-6-3-16-4-8(6)14-10(15-9)7-1-2-12-5-13-7/h1-2,5H,3-4H2,(H2,11,14,15). The van der Waals surface area contributed by atoms with Crippen LogP contribution in [-0.2, 0) is 11.5 Å². The van der Waals surface area contributed by atoms with Crippen molar-refractivity contribution in [1.29, 1.82) is 0 Å². The molecule has 5 nitrogen and oxygen atoms in total. The summed E-state index contributed by atoms with van der Waals surface area (Å²) in [6.07, 6.45) is 3.15. The summed E-state index contributed by atoms with van der Waals surface area (Å²) in [5.41, 5.74) is 8.72. The highest BCUT2D eigenvalue weighted by molar-refractivity contribution is 7.98. The number of nitrogens with two attached hydrogens (primary N) is 1. The van der Waals surface area contributed by atoms with Crippen molar-refractivity contribution >= 4 is 17.6 Å². The fraction of sp³-hybridized carbons (Fsp3) is 0.200. The van der Waals surface area contributed by atoms with Crippen molar-refractivity contribution in [1.82, 2.24) is 19.9 Å². The zero-order valence-corrected chi connectivity index (χ0v) is 9.24. The van der Waals surface area contributed by atoms with Gasteiger partial charge < -0.3 is 5.73 Å². The summed E-state index contributed by atoms with van der Waals surface area (Å²) >= 11 is 1.81. The van der Waals surface area contributed by atoms with Gasteiger partial charge in [0.2, 0.25) is 0 Å². The van der Waals surface area contributed by atoms with Crippen LogP contribution in [0.1, 0.15) is 11.3 Å². The van der Waals surface area contributed by atoms with Gasteiger partial charge in [-0.1, -0.05) is 0 Å². The summed E-state index contributed by atoms with van der Waals surface area (Å²) in [7, 11) is 0. The predicted octanol–water partition coefficient (Wildman–Crippen LogP) is 1.26. The molecule has 0 aromatic carbocycles. The summed E-state index contributed by atoms with van der Waals surface area (Å²) in [4.78, 5) is 16.7. The smallest absolute Gasteiger partial charge is 0.180 e. The van der Waals surface area contributed by atoms with Crippen molar-refractivity contribution in [2.45, 2.75) is 11.5 Å². The van der Waals surface area contributed by atoms with Crippen LogP contribution < -0.4 is 5.73 Å². The fourth-order valence-electron chi connectivity index (χ4n) is 1.61. The molecule has 2 aromatic heterocycles. The Hall–Kier alpha value is -1.69. The van der Waals surface area contributed by atoms with E-state index < -0.39 is 0 Å². The molecule has 80 valence electrons. The van der Waals surface area contributed by atoms with E-state index in [9.17, 15) is 0 Å². The van der Waals surface area contributed by atoms with Crippen LogP contribution >= 0.6 is 11.8 Å². The number of thioether (sulfide) groups is 1. The third-order valence-electron chi connectivity index (χ3n) is 2.42. The van der Waals surface area contributed by atoms with Crippen LogP contribution in [0.5, 0.6) is 0 Å². The monoisotopic (exact) mass is 231 g/mol. The number of rotatable bonds is 1. The van der Waals surface area contributed by atoms with Gasteiger partial charge >= 0.3 is 0 Å². The number of nitrogen functional groups attached to an aromatic ring is 1. The van der Waals surface area contributed by atoms with Crippen LogP contribution in [0.3, 0.4) is 0 Å². The Morgan fingerprint density at radius 3 is 3.00 bits per heavy atom. The van der Waals surface area contributed by atoms with E-state index in [0.717, 1.165) is 22.8 Å². The second-order valence-electron chi connectivity index (χ2n) is 3.45. The molecule has 0 saturated heterocycles. The Morgan fingerprint density at radius 1 is 1.25 bits per heavy atom. The lowest BCUT2D eigenvalue weighted by Crippen LogP contribution is -2.03. The second-order valence-corrected chi connectivity index (χ2v) is 4.43. The molecule has 0 saturated carbocycles. The number of anilines is 1. The number of fused-ring (bicyclic) bond motifs is 1. The van der Waals surface area contributed by atoms with Crippen LogP contribution in [0.25, 0.3) is 11.5 Å². The topological polar surface area (TPSA) is 77.6 Å². The first-order chi connectivity index (χ1) is 7.84. The number of nitrogens with zero attached hydrogens (tertiary/aromatic N) is 4. The van der Waals surface area contributed by atoms with Crippen molar-refractivity contribution in [3.8, 4) is 11.5 Å². The first-order valence-electron chi connectivity index (χ1n) is 4.84. The summed E-state index contributed by atoms with van der Waals surface area (Å²) in [5.74, 6) is 2.97. The van der Waals surface area contributed by atoms with E-state index in [-0.39, 0.29) is 0 Å². The lowest BCUT2D eigenvalue weighted by atomic mass is 10.2. The maximum absolute atomic E-state index is 5.90. The molecule has 0 fully saturated rings. The first-order valence-corrected chi connectivity index (χ1v) is 5.99. The van der Waals surface area contributed by atoms with E-state index in [1.165, 1.54) is 6.33 Å². The Labute approximate surface area is 96.6 Å². The molecule has 0 amide bonds. The van der Waals surface area contributed by atoms with Crippen LogP contribution in [0.15, 0.2) is 18.6 Å². The summed E-state index contributed by atoms with van der Waals surface area (Å²) in [6, 6.07) is 1.78. The minimum Gasteiger partial charge on any atom is -0.383 e. The molecule has 6 heteroatoms. The summed E-state index contributed by atoms with van der Waals surface area (Å²) < 4.78 is 0. The van der Waals surface area contributed by atoms with Gasteiger partial charge in [-0.3, -0.25) is 0 Å². The normalized spacial score (nSPS) is 13.8. The Bertz CT molecular complexity index is 528. The molecule has 1 aliphatic rings. The minimum atomic E-state index is 0.573. The maximum Gasteiger partial charge on any atom is 0.180 e. The van der Waals surface area contributed by atoms with E-state index in [4.69, 9.17) is 5.73 Å². The van der Waals surface area contributed by atoms with Crippen molar-refractivity contribution in [2.24, 2.45) is 0 Å². The second kappa shape index (κ2) is 3.71. The number of hydrogen-bond acceptors (Lipinski definition) is 6. The Balaban J connectivity index is 2.13. The van der Waals surface area contributed by atoms with Crippen LogP contribution in [-0.4, -0.2) is 19.9 Å². The molecule has 3 rings (SSSR count). The zero-order valence-electron chi connectivity index (χ0n) is 8.42. The molecular formula is C10H9N5S. The highest BCUT2D eigenvalue weighted by atomic mass is 32.2. The lowest BCUT2D eigenvalue weighted by Gasteiger charge is -2.04. The number of hydrogen-bond donors (Lipinski definition) is 1. The molecule has 2 aromatic rings. The fourth-order valence-corrected chi connectivity index (χ4v) is 2.67. The van der Waals surface area contributed by atoms with Gasteiger partial charge in [0.15, 0.2) is 5.82 Å². The van der Waals surface area contributed by atoms with Crippen LogP contribution in [0.4, 0.5) is 5.82 Å². The highest BCUT2D eigenvalue weighted by Crippen LogP contribution is 2.32. The van der Waals surface area contributed by atoms with E-state index in [2.05, 4.69) is 19.9 Å². The average molecular weight is 231 g/mol. The molecule has 3 heterocycles. The minimum absolute atomic E-state index is 0.573. The van der Waals surface area contributed by atoms with E-state index >= 15 is 0 Å². The molecule has 0 atom stereocenters. The molecule has 0 bridgehead atoms. The summed E-state index contributed by atoms with van der Waals surface area (Å²) in [6.45, 7) is 0. The SMILES string of the molecule is Nc1nc(-c2ccncn2)nc2c1CSC2. The molecule has 0 aliphatic carbocycles. The van der Waals surface area contributed by atoms with Crippen LogP contribution in [0, 0.1) is 0 Å². The first kappa shape index (κ1) is 9.53. The molecule has 2 N–H and O–H groups in total. The van der Waals surface area contributed by atoms with Crippen molar-refractivity contribution < 1.29 is 0 Å². The molecule has 0 unspecified atom stereocenters. The van der Waals surface area contributed by atoms with Crippen LogP contribution in [0.2, 0.25) is 0 Å². The molecular weight excluding hydrogens is 222 g/mol. The quantitative estimate of drug-likeness (QED) is 0.796. The molecule has 0 radical (unpaired) electrons.